The summed E-state index contributed by atoms with van der Waals surface area (Å²) >= 11 is 0. The summed E-state index contributed by atoms with van der Waals surface area (Å²) < 4.78 is 30.4. The maximum atomic E-state index is 12.7. The number of hydrogen-bond donors (Lipinski definition) is 0. The Morgan fingerprint density at radius 2 is 1.66 bits per heavy atom. The number of esters is 1. The van der Waals surface area contributed by atoms with Gasteiger partial charge in [-0.15, -0.1) is 0 Å². The fourth-order valence-corrected chi connectivity index (χ4v) is 5.04. The number of sulfonamides is 1. The average molecular weight is 413 g/mol. The predicted molar refractivity (Wildman–Crippen MR) is 110 cm³/mol. The number of carbonyl (C=O) groups excluding carboxylic acids is 2. The number of nitrogens with zero attached hydrogens (tertiary/aromatic N) is 1. The first-order chi connectivity index (χ1) is 13.7. The van der Waals surface area contributed by atoms with Crippen LogP contribution in [0.1, 0.15) is 50.8 Å². The van der Waals surface area contributed by atoms with Gasteiger partial charge in [-0.2, -0.15) is 0 Å². The second kappa shape index (κ2) is 7.30. The van der Waals surface area contributed by atoms with Crippen molar-refractivity contribution in [3.05, 3.63) is 64.2 Å². The molecule has 1 aliphatic heterocycles. The molecule has 0 fully saturated rings. The minimum absolute atomic E-state index is 0.225. The fraction of sp³-hybridized carbons (Fsp3) is 0.364. The first-order valence-corrected chi connectivity index (χ1v) is 11.6. The van der Waals surface area contributed by atoms with Gasteiger partial charge in [0.05, 0.1) is 17.5 Å². The number of Topliss-reactive ketones (excluding diaryl/α,β-unsaturated/α-hetero) is 1. The van der Waals surface area contributed by atoms with Gasteiger partial charge in [0.15, 0.2) is 6.10 Å². The zero-order valence-corrected chi connectivity index (χ0v) is 17.3. The standard InChI is InChI=1S/C22H23NO5S/c1-14(21(24)18-7-6-15-4-3-5-16(15)12-18)28-22(25)19-8-9-20-17(13-19)10-11-23(20)29(2,26)27/h6-9,12-14H,3-5,10-11H2,1-2H3. The van der Waals surface area contributed by atoms with Crippen LogP contribution in [0.25, 0.3) is 0 Å². The number of rotatable bonds is 5. The van der Waals surface area contributed by atoms with Crippen molar-refractivity contribution in [2.24, 2.45) is 0 Å². The molecule has 2 aromatic rings. The third-order valence-electron chi connectivity index (χ3n) is 5.60. The largest absolute Gasteiger partial charge is 0.451 e. The summed E-state index contributed by atoms with van der Waals surface area (Å²) in [4.78, 5) is 25.3. The Labute approximate surface area is 170 Å². The number of ketones is 1. The van der Waals surface area contributed by atoms with Crippen molar-refractivity contribution in [2.45, 2.75) is 38.7 Å². The smallest absolute Gasteiger partial charge is 0.338 e. The second-order valence-corrected chi connectivity index (χ2v) is 9.58. The Balaban J connectivity index is 1.47. The zero-order chi connectivity index (χ0) is 20.8. The number of aryl methyl sites for hydroxylation is 2. The van der Waals surface area contributed by atoms with E-state index < -0.39 is 22.1 Å². The molecule has 1 heterocycles. The van der Waals surface area contributed by atoms with Gasteiger partial charge in [-0.3, -0.25) is 9.10 Å². The quantitative estimate of drug-likeness (QED) is 0.556. The van der Waals surface area contributed by atoms with E-state index in [1.165, 1.54) is 21.5 Å². The van der Waals surface area contributed by atoms with Gasteiger partial charge in [0, 0.05) is 12.1 Å². The molecule has 152 valence electrons. The van der Waals surface area contributed by atoms with Gasteiger partial charge >= 0.3 is 5.97 Å². The molecular formula is C22H23NO5S. The first kappa shape index (κ1) is 19.6. The average Bonchev–Trinajstić information content (AvgIpc) is 3.32. The molecule has 29 heavy (non-hydrogen) atoms. The van der Waals surface area contributed by atoms with Crippen LogP contribution in [-0.4, -0.2) is 39.1 Å². The van der Waals surface area contributed by atoms with E-state index in [1.807, 2.05) is 12.1 Å². The van der Waals surface area contributed by atoms with E-state index >= 15 is 0 Å². The third-order valence-corrected chi connectivity index (χ3v) is 6.78. The molecule has 1 atom stereocenters. The van der Waals surface area contributed by atoms with E-state index in [2.05, 4.69) is 0 Å². The summed E-state index contributed by atoms with van der Waals surface area (Å²) in [7, 11) is -3.34. The summed E-state index contributed by atoms with van der Waals surface area (Å²) in [5.41, 5.74) is 4.72. The summed E-state index contributed by atoms with van der Waals surface area (Å²) in [6.07, 6.45) is 3.92. The van der Waals surface area contributed by atoms with Crippen LogP contribution in [0.15, 0.2) is 36.4 Å². The van der Waals surface area contributed by atoms with E-state index in [1.54, 1.807) is 25.1 Å². The van der Waals surface area contributed by atoms with Gasteiger partial charge < -0.3 is 4.74 Å². The highest BCUT2D eigenvalue weighted by Crippen LogP contribution is 2.31. The molecular weight excluding hydrogens is 390 g/mol. The topological polar surface area (TPSA) is 80.8 Å². The molecule has 0 N–H and O–H groups in total. The number of benzene rings is 2. The number of hydrogen-bond acceptors (Lipinski definition) is 5. The molecule has 2 aliphatic rings. The van der Waals surface area contributed by atoms with Crippen molar-refractivity contribution in [1.82, 2.24) is 0 Å². The lowest BCUT2D eigenvalue weighted by Gasteiger charge is -2.17. The monoisotopic (exact) mass is 413 g/mol. The second-order valence-electron chi connectivity index (χ2n) is 7.68. The third kappa shape index (κ3) is 3.79. The van der Waals surface area contributed by atoms with E-state index in [4.69, 9.17) is 4.74 Å². The maximum absolute atomic E-state index is 12.7. The zero-order valence-electron chi connectivity index (χ0n) is 16.5. The van der Waals surface area contributed by atoms with Crippen LogP contribution in [0.3, 0.4) is 0 Å². The first-order valence-electron chi connectivity index (χ1n) is 9.71. The predicted octanol–water partition coefficient (Wildman–Crippen LogP) is 2.93. The molecule has 1 aliphatic carbocycles. The Morgan fingerprint density at radius 1 is 0.966 bits per heavy atom. The van der Waals surface area contributed by atoms with Crippen LogP contribution in [0.2, 0.25) is 0 Å². The minimum Gasteiger partial charge on any atom is -0.451 e. The van der Waals surface area contributed by atoms with Crippen LogP contribution >= 0.6 is 0 Å². The van der Waals surface area contributed by atoms with Gasteiger partial charge in [-0.1, -0.05) is 12.1 Å². The van der Waals surface area contributed by atoms with Crippen LogP contribution in [-0.2, 0) is 34.0 Å². The molecule has 6 nitrogen and oxygen atoms in total. The molecule has 0 saturated heterocycles. The summed E-state index contributed by atoms with van der Waals surface area (Å²) in [5, 5.41) is 0. The van der Waals surface area contributed by atoms with E-state index in [9.17, 15) is 18.0 Å². The van der Waals surface area contributed by atoms with Gasteiger partial charge in [-0.05, 0) is 73.6 Å². The SMILES string of the molecule is CC(OC(=O)c1ccc2c(c1)CCN2S(C)(=O)=O)C(=O)c1ccc2c(c1)CCC2. The maximum Gasteiger partial charge on any atom is 0.338 e. The summed E-state index contributed by atoms with van der Waals surface area (Å²) in [6, 6.07) is 10.5. The molecule has 0 aromatic heterocycles. The molecule has 4 rings (SSSR count). The number of anilines is 1. The molecule has 0 radical (unpaired) electrons. The van der Waals surface area contributed by atoms with Crippen molar-refractivity contribution < 1.29 is 22.7 Å². The normalized spacial score (nSPS) is 16.3. The van der Waals surface area contributed by atoms with Gasteiger partial charge in [0.25, 0.3) is 0 Å². The van der Waals surface area contributed by atoms with Crippen molar-refractivity contribution in [1.29, 1.82) is 0 Å². The van der Waals surface area contributed by atoms with Crippen molar-refractivity contribution >= 4 is 27.5 Å². The number of ether oxygens (including phenoxy) is 1. The Bertz CT molecular complexity index is 1110. The molecule has 7 heteroatoms. The van der Waals surface area contributed by atoms with E-state index in [0.717, 1.165) is 31.1 Å². The number of carbonyl (C=O) groups is 2. The highest BCUT2D eigenvalue weighted by atomic mass is 32.2. The molecule has 1 unspecified atom stereocenters. The van der Waals surface area contributed by atoms with Crippen molar-refractivity contribution in [2.75, 3.05) is 17.1 Å². The van der Waals surface area contributed by atoms with Crippen LogP contribution in [0.4, 0.5) is 5.69 Å². The molecule has 2 aromatic carbocycles. The van der Waals surface area contributed by atoms with Crippen LogP contribution in [0, 0.1) is 0 Å². The molecule has 0 saturated carbocycles. The van der Waals surface area contributed by atoms with E-state index in [0.29, 0.717) is 29.8 Å². The van der Waals surface area contributed by atoms with Crippen molar-refractivity contribution in [3.8, 4) is 0 Å². The fourth-order valence-electron chi connectivity index (χ4n) is 4.08. The van der Waals surface area contributed by atoms with E-state index in [-0.39, 0.29) is 5.78 Å². The Morgan fingerprint density at radius 3 is 2.41 bits per heavy atom. The molecule has 0 spiro atoms. The minimum atomic E-state index is -3.34. The van der Waals surface area contributed by atoms with Gasteiger partial charge in [-0.25, -0.2) is 13.2 Å². The lowest BCUT2D eigenvalue weighted by Crippen LogP contribution is -2.27. The summed E-state index contributed by atoms with van der Waals surface area (Å²) in [5.74, 6) is -0.815. The Kier molecular flexibility index (Phi) is 4.94. The van der Waals surface area contributed by atoms with Crippen molar-refractivity contribution in [3.63, 3.8) is 0 Å². The highest BCUT2D eigenvalue weighted by Gasteiger charge is 2.28. The number of fused-ring (bicyclic) bond motifs is 2. The van der Waals surface area contributed by atoms with Gasteiger partial charge in [0.1, 0.15) is 0 Å². The molecule has 0 amide bonds. The van der Waals surface area contributed by atoms with Crippen LogP contribution < -0.4 is 4.31 Å². The molecule has 0 bridgehead atoms. The lowest BCUT2D eigenvalue weighted by atomic mass is 10.0. The Hall–Kier alpha value is -2.67. The van der Waals surface area contributed by atoms with Gasteiger partial charge in [0.2, 0.25) is 15.8 Å². The lowest BCUT2D eigenvalue weighted by molar-refractivity contribution is 0.0318. The highest BCUT2D eigenvalue weighted by molar-refractivity contribution is 7.92. The summed E-state index contributed by atoms with van der Waals surface area (Å²) in [6.45, 7) is 1.94. The van der Waals surface area contributed by atoms with Crippen LogP contribution in [0.5, 0.6) is 0 Å².